The summed E-state index contributed by atoms with van der Waals surface area (Å²) in [4.78, 5) is 15.7. The maximum absolute atomic E-state index is 6.66. The molecular weight excluding hydrogens is 609 g/mol. The summed E-state index contributed by atoms with van der Waals surface area (Å²) in [7, 11) is 0. The summed E-state index contributed by atoms with van der Waals surface area (Å²) in [5, 5.41) is 0. The molecule has 0 fully saturated rings. The number of aliphatic imine (C=N–C) groups is 2. The lowest BCUT2D eigenvalue weighted by atomic mass is 9.86. The molecule has 0 aliphatic carbocycles. The van der Waals surface area contributed by atoms with Crippen molar-refractivity contribution >= 4 is 28.5 Å². The van der Waals surface area contributed by atoms with Gasteiger partial charge in [-0.05, 0) is 112 Å². The first-order chi connectivity index (χ1) is 23.5. The van der Waals surface area contributed by atoms with E-state index < -0.39 is 0 Å². The third-order valence-electron chi connectivity index (χ3n) is 9.82. The van der Waals surface area contributed by atoms with Crippen molar-refractivity contribution in [3.05, 3.63) is 117 Å². The lowest BCUT2D eigenvalue weighted by molar-refractivity contribution is 0.826. The molecule has 1 aromatic heterocycles. The van der Waals surface area contributed by atoms with E-state index in [2.05, 4.69) is 158 Å². The molecule has 50 heavy (non-hydrogen) atoms. The predicted molar refractivity (Wildman–Crippen MR) is 219 cm³/mol. The smallest absolute Gasteiger partial charge is 0.0849 e. The van der Waals surface area contributed by atoms with Crippen LogP contribution in [0.3, 0.4) is 0 Å². The minimum Gasteiger partial charge on any atom is -0.398 e. The van der Waals surface area contributed by atoms with Gasteiger partial charge in [-0.15, -0.1) is 0 Å². The van der Waals surface area contributed by atoms with Crippen LogP contribution in [0.2, 0.25) is 0 Å². The highest BCUT2D eigenvalue weighted by molar-refractivity contribution is 6.02. The van der Waals surface area contributed by atoms with E-state index in [-0.39, 0.29) is 0 Å². The third-order valence-corrected chi connectivity index (χ3v) is 9.82. The molecule has 2 N–H and O–H groups in total. The van der Waals surface area contributed by atoms with Crippen molar-refractivity contribution in [3.63, 3.8) is 0 Å². The van der Waals surface area contributed by atoms with E-state index >= 15 is 0 Å². The Balaban J connectivity index is 1.78. The van der Waals surface area contributed by atoms with E-state index in [9.17, 15) is 0 Å². The summed E-state index contributed by atoms with van der Waals surface area (Å²) in [6, 6.07) is 22.2. The lowest BCUT2D eigenvalue weighted by Crippen LogP contribution is -2.07. The molecule has 0 radical (unpaired) electrons. The Hall–Kier alpha value is -4.05. The van der Waals surface area contributed by atoms with Gasteiger partial charge in [0.05, 0.1) is 34.2 Å². The van der Waals surface area contributed by atoms with Gasteiger partial charge in [0.15, 0.2) is 0 Å². The fourth-order valence-corrected chi connectivity index (χ4v) is 6.84. The first-order valence-corrected chi connectivity index (χ1v) is 18.8. The van der Waals surface area contributed by atoms with Gasteiger partial charge in [-0.2, -0.15) is 0 Å². The second kappa shape index (κ2) is 16.3. The van der Waals surface area contributed by atoms with Gasteiger partial charge < -0.3 is 5.73 Å². The summed E-state index contributed by atoms with van der Waals surface area (Å²) in [5.41, 5.74) is 23.5. The van der Waals surface area contributed by atoms with Crippen molar-refractivity contribution in [1.29, 1.82) is 0 Å². The van der Waals surface area contributed by atoms with Crippen LogP contribution in [-0.2, 0) is 6.42 Å². The van der Waals surface area contributed by atoms with E-state index in [0.717, 1.165) is 46.3 Å². The summed E-state index contributed by atoms with van der Waals surface area (Å²) >= 11 is 0. The Kier molecular flexibility index (Phi) is 12.6. The van der Waals surface area contributed by atoms with E-state index in [1.54, 1.807) is 0 Å². The van der Waals surface area contributed by atoms with Crippen LogP contribution < -0.4 is 5.73 Å². The molecule has 0 saturated heterocycles. The van der Waals surface area contributed by atoms with Gasteiger partial charge in [0, 0.05) is 5.69 Å². The molecule has 4 heteroatoms. The largest absolute Gasteiger partial charge is 0.398 e. The van der Waals surface area contributed by atoms with Crippen LogP contribution >= 0.6 is 0 Å². The number of nitrogens with two attached hydrogens (primary N) is 1. The van der Waals surface area contributed by atoms with Crippen LogP contribution in [-0.4, -0.2) is 16.4 Å². The van der Waals surface area contributed by atoms with E-state index in [4.69, 9.17) is 20.7 Å². The highest BCUT2D eigenvalue weighted by Gasteiger charge is 2.19. The zero-order valence-electron chi connectivity index (χ0n) is 33.4. The molecule has 4 nitrogen and oxygen atoms in total. The Morgan fingerprint density at radius 2 is 0.820 bits per heavy atom. The first-order valence-electron chi connectivity index (χ1n) is 18.8. The quantitative estimate of drug-likeness (QED) is 0.120. The number of nitrogen functional groups attached to an aromatic ring is 1. The van der Waals surface area contributed by atoms with E-state index in [1.807, 2.05) is 0 Å². The van der Waals surface area contributed by atoms with Crippen molar-refractivity contribution in [3.8, 4) is 0 Å². The van der Waals surface area contributed by atoms with Gasteiger partial charge in [0.2, 0.25) is 0 Å². The zero-order valence-corrected chi connectivity index (χ0v) is 33.4. The highest BCUT2D eigenvalue weighted by atomic mass is 14.8. The number of rotatable bonds is 12. The average molecular weight is 671 g/mol. The number of nitrogens with zero attached hydrogens (tertiary/aromatic N) is 3. The van der Waals surface area contributed by atoms with Crippen molar-refractivity contribution in [2.75, 3.05) is 5.73 Å². The number of aromatic nitrogens is 1. The first kappa shape index (κ1) is 38.7. The van der Waals surface area contributed by atoms with Crippen molar-refractivity contribution in [1.82, 2.24) is 4.98 Å². The van der Waals surface area contributed by atoms with Crippen molar-refractivity contribution < 1.29 is 0 Å². The Morgan fingerprint density at radius 3 is 1.18 bits per heavy atom. The molecule has 4 rings (SSSR count). The molecule has 4 aromatic rings. The van der Waals surface area contributed by atoms with Gasteiger partial charge >= 0.3 is 0 Å². The molecule has 3 aromatic carbocycles. The van der Waals surface area contributed by atoms with Gasteiger partial charge in [-0.1, -0.05) is 132 Å². The minimum absolute atomic E-state index is 0.313. The number of para-hydroxylation sites is 1. The maximum atomic E-state index is 6.66. The van der Waals surface area contributed by atoms with Crippen LogP contribution in [0.25, 0.3) is 0 Å². The molecule has 0 atom stereocenters. The molecule has 1 heterocycles. The number of benzene rings is 3. The van der Waals surface area contributed by atoms with Crippen molar-refractivity contribution in [2.24, 2.45) is 9.98 Å². The van der Waals surface area contributed by atoms with Crippen LogP contribution in [0.5, 0.6) is 0 Å². The Bertz CT molecular complexity index is 1780. The van der Waals surface area contributed by atoms with Crippen LogP contribution in [0.15, 0.2) is 70.6 Å². The van der Waals surface area contributed by atoms with Crippen LogP contribution in [0.1, 0.15) is 188 Å². The molecule has 0 aliphatic heterocycles. The number of anilines is 1. The lowest BCUT2D eigenvalue weighted by Gasteiger charge is -2.21. The highest BCUT2D eigenvalue weighted by Crippen LogP contribution is 2.39. The summed E-state index contributed by atoms with van der Waals surface area (Å²) in [6.07, 6.45) is 0.864. The monoisotopic (exact) mass is 670 g/mol. The van der Waals surface area contributed by atoms with Gasteiger partial charge in [-0.25, -0.2) is 4.98 Å². The second-order valence-electron chi connectivity index (χ2n) is 16.0. The normalized spacial score (nSPS) is 12.9. The number of hydrogen-bond donors (Lipinski definition) is 1. The summed E-state index contributed by atoms with van der Waals surface area (Å²) in [5.74, 6) is 2.14. The molecule has 0 spiro atoms. The molecule has 0 aliphatic rings. The molecule has 266 valence electrons. The van der Waals surface area contributed by atoms with Crippen LogP contribution in [0, 0.1) is 0 Å². The van der Waals surface area contributed by atoms with Gasteiger partial charge in [-0.3, -0.25) is 9.98 Å². The van der Waals surface area contributed by atoms with E-state index in [1.165, 1.54) is 44.5 Å². The molecule has 0 unspecified atom stereocenters. The molecule has 0 bridgehead atoms. The maximum Gasteiger partial charge on any atom is 0.0849 e. The Morgan fingerprint density at radius 1 is 0.500 bits per heavy atom. The summed E-state index contributed by atoms with van der Waals surface area (Å²) < 4.78 is 0. The fraction of sp³-hybridized carbons (Fsp3) is 0.457. The summed E-state index contributed by atoms with van der Waals surface area (Å²) in [6.45, 7) is 31.1. The van der Waals surface area contributed by atoms with Gasteiger partial charge in [0.25, 0.3) is 0 Å². The number of pyridine rings is 1. The van der Waals surface area contributed by atoms with Gasteiger partial charge in [0.1, 0.15) is 0 Å². The number of hydrogen-bond acceptors (Lipinski definition) is 4. The second-order valence-corrected chi connectivity index (χ2v) is 16.0. The van der Waals surface area contributed by atoms with Crippen molar-refractivity contribution in [2.45, 2.75) is 139 Å². The molecular formula is C46H62N4. The standard InChI is InChI=1S/C46H62N4/c1-26(2)36-17-15-18-37(27(3)4)45(36)48-32(13)42-19-16-20-43(50-42)33(14)49-46-40(30(9)10)24-35(25-41(46)31(11)12)21-34-22-38(28(5)6)44(47)39(23-34)29(7)8/h15-20,22-31H,21,47H2,1-14H3. The van der Waals surface area contributed by atoms with Crippen LogP contribution in [0.4, 0.5) is 17.1 Å². The zero-order chi connectivity index (χ0) is 37.0. The average Bonchev–Trinajstić information content (AvgIpc) is 3.05. The molecule has 0 amide bonds. The SMILES string of the molecule is CC(=Nc1c(C(C)C)cccc1C(C)C)c1cccc(C(C)=Nc2c(C(C)C)cc(Cc3cc(C(C)C)c(N)c(C(C)C)c3)cc2C(C)C)n1. The van der Waals surface area contributed by atoms with E-state index in [0.29, 0.717) is 35.5 Å². The Labute approximate surface area is 303 Å². The topological polar surface area (TPSA) is 63.6 Å². The minimum atomic E-state index is 0.313. The predicted octanol–water partition coefficient (Wildman–Crippen LogP) is 13.3. The molecule has 0 saturated carbocycles. The third kappa shape index (κ3) is 8.81. The fourth-order valence-electron chi connectivity index (χ4n) is 6.84.